The molecule has 0 aromatic heterocycles. The van der Waals surface area contributed by atoms with Crippen LogP contribution < -0.4 is 5.32 Å². The fourth-order valence-corrected chi connectivity index (χ4v) is 5.32. The van der Waals surface area contributed by atoms with Gasteiger partial charge in [-0.15, -0.1) is 0 Å². The van der Waals surface area contributed by atoms with Gasteiger partial charge in [-0.05, 0) is 74.7 Å². The van der Waals surface area contributed by atoms with Crippen molar-refractivity contribution in [2.45, 2.75) is 45.1 Å². The monoisotopic (exact) mass is 356 g/mol. The fourth-order valence-electron chi connectivity index (χ4n) is 5.32. The molecule has 2 N–H and O–H groups in total. The number of piperidine rings is 1. The Bertz CT molecular complexity index is 666. The van der Waals surface area contributed by atoms with Gasteiger partial charge < -0.3 is 10.4 Å². The van der Waals surface area contributed by atoms with Gasteiger partial charge in [0.2, 0.25) is 5.91 Å². The molecule has 1 amide bonds. The van der Waals surface area contributed by atoms with Gasteiger partial charge >= 0.3 is 5.97 Å². The average molecular weight is 356 g/mol. The minimum absolute atomic E-state index is 0.117. The highest BCUT2D eigenvalue weighted by Crippen LogP contribution is 2.52. The van der Waals surface area contributed by atoms with Gasteiger partial charge in [-0.25, -0.2) is 0 Å². The van der Waals surface area contributed by atoms with Crippen LogP contribution in [-0.2, 0) is 16.1 Å². The number of fused-ring (bicyclic) bond motifs is 2. The molecular formula is C21H28N2O3. The van der Waals surface area contributed by atoms with Crippen LogP contribution in [0.1, 0.15) is 44.1 Å². The van der Waals surface area contributed by atoms with Crippen molar-refractivity contribution < 1.29 is 14.7 Å². The van der Waals surface area contributed by atoms with Crippen molar-refractivity contribution in [2.75, 3.05) is 18.4 Å². The van der Waals surface area contributed by atoms with E-state index < -0.39 is 11.9 Å². The number of anilines is 1. The lowest BCUT2D eigenvalue weighted by atomic mass is 9.78. The maximum atomic E-state index is 12.7. The number of hydrogen-bond acceptors (Lipinski definition) is 3. The predicted octanol–water partition coefficient (Wildman–Crippen LogP) is 3.36. The molecule has 26 heavy (non-hydrogen) atoms. The first-order valence-corrected chi connectivity index (χ1v) is 9.97. The first-order valence-electron chi connectivity index (χ1n) is 9.97. The molecule has 1 saturated heterocycles. The topological polar surface area (TPSA) is 69.6 Å². The Labute approximate surface area is 154 Å². The number of carbonyl (C=O) groups excluding carboxylic acids is 1. The van der Waals surface area contributed by atoms with Gasteiger partial charge in [-0.1, -0.05) is 18.6 Å². The van der Waals surface area contributed by atoms with Gasteiger partial charge in [0.05, 0.1) is 11.8 Å². The Kier molecular flexibility index (Phi) is 4.98. The maximum Gasteiger partial charge on any atom is 0.307 e. The molecule has 1 aromatic carbocycles. The second-order valence-electron chi connectivity index (χ2n) is 8.25. The zero-order valence-electron chi connectivity index (χ0n) is 15.2. The van der Waals surface area contributed by atoms with Gasteiger partial charge in [-0.2, -0.15) is 0 Å². The number of hydrogen-bond donors (Lipinski definition) is 2. The lowest BCUT2D eigenvalue weighted by Gasteiger charge is -2.27. The van der Waals surface area contributed by atoms with Gasteiger partial charge in [0, 0.05) is 12.2 Å². The maximum absolute atomic E-state index is 12.7. The van der Waals surface area contributed by atoms with Gasteiger partial charge in [0.25, 0.3) is 0 Å². The van der Waals surface area contributed by atoms with E-state index in [-0.39, 0.29) is 23.7 Å². The molecule has 3 aliphatic rings. The highest BCUT2D eigenvalue weighted by Gasteiger charge is 2.53. The first-order chi connectivity index (χ1) is 12.6. The summed E-state index contributed by atoms with van der Waals surface area (Å²) in [6, 6.07) is 8.03. The molecule has 140 valence electrons. The fraction of sp³-hybridized carbons (Fsp3) is 0.619. The van der Waals surface area contributed by atoms with Crippen molar-refractivity contribution in [3.05, 3.63) is 29.8 Å². The Morgan fingerprint density at radius 1 is 1.00 bits per heavy atom. The second-order valence-corrected chi connectivity index (χ2v) is 8.25. The molecule has 0 spiro atoms. The summed E-state index contributed by atoms with van der Waals surface area (Å²) in [5.41, 5.74) is 2.03. The molecule has 4 atom stereocenters. The third-order valence-corrected chi connectivity index (χ3v) is 6.58. The van der Waals surface area contributed by atoms with E-state index in [4.69, 9.17) is 0 Å². The molecule has 4 rings (SSSR count). The van der Waals surface area contributed by atoms with Crippen LogP contribution in [0.4, 0.5) is 5.69 Å². The van der Waals surface area contributed by atoms with E-state index in [1.165, 1.54) is 37.9 Å². The molecule has 2 saturated carbocycles. The molecule has 1 aromatic rings. The van der Waals surface area contributed by atoms with Crippen LogP contribution in [0, 0.1) is 23.7 Å². The summed E-state index contributed by atoms with van der Waals surface area (Å²) in [5.74, 6) is -1.39. The summed E-state index contributed by atoms with van der Waals surface area (Å²) in [6.45, 7) is 3.29. The van der Waals surface area contributed by atoms with Gasteiger partial charge in [-0.3, -0.25) is 14.5 Å². The molecule has 2 aliphatic carbocycles. The van der Waals surface area contributed by atoms with Crippen LogP contribution in [-0.4, -0.2) is 35.0 Å². The standard InChI is InChI=1S/C21H28N2O3/c24-20(18-15-6-7-16(12-15)19(18)21(25)26)22-17-8-4-14(5-9-17)13-23-10-2-1-3-11-23/h4-5,8-9,15-16,18-19H,1-3,6-7,10-13H2,(H,22,24)(H,25,26)/t15-,16-,18-,19-/m0/s1. The molecule has 1 aliphatic heterocycles. The average Bonchev–Trinajstić information content (AvgIpc) is 3.25. The van der Waals surface area contributed by atoms with Crippen molar-refractivity contribution in [1.29, 1.82) is 0 Å². The third-order valence-electron chi connectivity index (χ3n) is 6.58. The Hall–Kier alpha value is -1.88. The highest BCUT2D eigenvalue weighted by atomic mass is 16.4. The zero-order chi connectivity index (χ0) is 18.1. The number of rotatable bonds is 5. The summed E-state index contributed by atoms with van der Waals surface area (Å²) >= 11 is 0. The molecule has 3 fully saturated rings. The van der Waals surface area contributed by atoms with Crippen molar-refractivity contribution in [1.82, 2.24) is 4.90 Å². The van der Waals surface area contributed by atoms with E-state index in [0.29, 0.717) is 0 Å². The van der Waals surface area contributed by atoms with Crippen molar-refractivity contribution in [2.24, 2.45) is 23.7 Å². The summed E-state index contributed by atoms with van der Waals surface area (Å²) in [6.07, 6.45) is 6.73. The Morgan fingerprint density at radius 2 is 1.65 bits per heavy atom. The number of nitrogens with one attached hydrogen (secondary N) is 1. The number of carboxylic acids is 1. The minimum atomic E-state index is -0.811. The zero-order valence-corrected chi connectivity index (χ0v) is 15.2. The van der Waals surface area contributed by atoms with E-state index in [0.717, 1.165) is 31.5 Å². The SMILES string of the molecule is O=C(O)[C@H]1[C@H]2CC[C@@H](C2)[C@@H]1C(=O)Nc1ccc(CN2CCCCC2)cc1. The van der Waals surface area contributed by atoms with Crippen LogP contribution in [0.3, 0.4) is 0 Å². The van der Waals surface area contributed by atoms with Crippen LogP contribution in [0.25, 0.3) is 0 Å². The van der Waals surface area contributed by atoms with Crippen molar-refractivity contribution in [3.63, 3.8) is 0 Å². The van der Waals surface area contributed by atoms with E-state index in [1.807, 2.05) is 12.1 Å². The minimum Gasteiger partial charge on any atom is -0.481 e. The summed E-state index contributed by atoms with van der Waals surface area (Å²) in [4.78, 5) is 26.8. The number of nitrogens with zero attached hydrogens (tertiary/aromatic N) is 1. The predicted molar refractivity (Wildman–Crippen MR) is 99.6 cm³/mol. The van der Waals surface area contributed by atoms with Gasteiger partial charge in [0.1, 0.15) is 0 Å². The van der Waals surface area contributed by atoms with Crippen LogP contribution in [0.5, 0.6) is 0 Å². The number of amides is 1. The van der Waals surface area contributed by atoms with Crippen LogP contribution >= 0.6 is 0 Å². The Balaban J connectivity index is 1.37. The van der Waals surface area contributed by atoms with Crippen molar-refractivity contribution in [3.8, 4) is 0 Å². The van der Waals surface area contributed by atoms with E-state index in [9.17, 15) is 14.7 Å². The number of carboxylic acid groups (broad SMARTS) is 1. The smallest absolute Gasteiger partial charge is 0.307 e. The Morgan fingerprint density at radius 3 is 2.31 bits per heavy atom. The summed E-state index contributed by atoms with van der Waals surface area (Å²) < 4.78 is 0. The molecule has 5 heteroatoms. The second kappa shape index (κ2) is 7.39. The molecular weight excluding hydrogens is 328 g/mol. The van der Waals surface area contributed by atoms with Crippen LogP contribution in [0.15, 0.2) is 24.3 Å². The first kappa shape index (κ1) is 17.5. The summed E-state index contributed by atoms with van der Waals surface area (Å²) in [7, 11) is 0. The summed E-state index contributed by atoms with van der Waals surface area (Å²) in [5, 5.41) is 12.5. The van der Waals surface area contributed by atoms with Crippen LogP contribution in [0.2, 0.25) is 0 Å². The largest absolute Gasteiger partial charge is 0.481 e. The molecule has 0 radical (unpaired) electrons. The highest BCUT2D eigenvalue weighted by molar-refractivity contribution is 5.96. The molecule has 0 unspecified atom stereocenters. The normalized spacial score (nSPS) is 31.1. The number of carbonyl (C=O) groups is 2. The molecule has 2 bridgehead atoms. The quantitative estimate of drug-likeness (QED) is 0.849. The molecule has 5 nitrogen and oxygen atoms in total. The third kappa shape index (κ3) is 3.50. The lowest BCUT2D eigenvalue weighted by molar-refractivity contribution is -0.148. The number of benzene rings is 1. The van der Waals surface area contributed by atoms with E-state index >= 15 is 0 Å². The van der Waals surface area contributed by atoms with Crippen molar-refractivity contribution >= 4 is 17.6 Å². The number of aliphatic carboxylic acids is 1. The van der Waals surface area contributed by atoms with E-state index in [2.05, 4.69) is 22.3 Å². The van der Waals surface area contributed by atoms with E-state index in [1.54, 1.807) is 0 Å². The molecule has 1 heterocycles. The number of likely N-dealkylation sites (tertiary alicyclic amines) is 1. The lowest BCUT2D eigenvalue weighted by Crippen LogP contribution is -2.37. The van der Waals surface area contributed by atoms with Gasteiger partial charge in [0.15, 0.2) is 0 Å².